The Balaban J connectivity index is 3.76. The van der Waals surface area contributed by atoms with Gasteiger partial charge in [-0.3, -0.25) is 0 Å². The van der Waals surface area contributed by atoms with E-state index < -0.39 is 0 Å². The lowest BCUT2D eigenvalue weighted by Crippen LogP contribution is -1.75. The molecule has 0 aromatic carbocycles. The molecule has 0 aliphatic carbocycles. The molecule has 0 atom stereocenters. The van der Waals surface area contributed by atoms with Crippen LogP contribution in [0.3, 0.4) is 0 Å². The van der Waals surface area contributed by atoms with Crippen LogP contribution in [0.1, 0.15) is 26.7 Å². The van der Waals surface area contributed by atoms with Crippen LogP contribution in [0, 0.1) is 12.3 Å². The Hall–Kier alpha value is -0.960. The van der Waals surface area contributed by atoms with Gasteiger partial charge in [0.25, 0.3) is 0 Å². The van der Waals surface area contributed by atoms with E-state index in [1.165, 1.54) is 5.57 Å². The molecular weight excluding hydrogens is 120 g/mol. The predicted molar refractivity (Wildman–Crippen MR) is 46.6 cm³/mol. The Morgan fingerprint density at radius 2 is 2.20 bits per heavy atom. The maximum absolute atomic E-state index is 5.13. The lowest BCUT2D eigenvalue weighted by atomic mass is 10.1. The summed E-state index contributed by atoms with van der Waals surface area (Å²) in [6, 6.07) is 0. The maximum Gasteiger partial charge on any atom is 0.0126 e. The fourth-order valence-electron chi connectivity index (χ4n) is 0.754. The average molecular weight is 134 g/mol. The van der Waals surface area contributed by atoms with Crippen molar-refractivity contribution in [1.29, 1.82) is 0 Å². The smallest absolute Gasteiger partial charge is 0.0126 e. The molecule has 0 amide bonds. The first-order valence-corrected chi connectivity index (χ1v) is 3.56. The Kier molecular flexibility index (Phi) is 5.57. The van der Waals surface area contributed by atoms with Crippen molar-refractivity contribution in [3.05, 3.63) is 23.8 Å². The van der Waals surface area contributed by atoms with Gasteiger partial charge >= 0.3 is 0 Å². The molecular formula is C10H14. The Morgan fingerprint density at radius 3 is 2.60 bits per heavy atom. The zero-order valence-electron chi connectivity index (χ0n) is 6.72. The topological polar surface area (TPSA) is 0 Å². The largest absolute Gasteiger partial charge is 0.120 e. The zero-order chi connectivity index (χ0) is 7.82. The lowest BCUT2D eigenvalue weighted by Gasteiger charge is -1.94. The summed E-state index contributed by atoms with van der Waals surface area (Å²) in [5.41, 5.74) is 1.32. The average Bonchev–Trinajstić information content (AvgIpc) is 1.98. The highest BCUT2D eigenvalue weighted by atomic mass is 13.9. The minimum absolute atomic E-state index is 0.837. The monoisotopic (exact) mass is 134 g/mol. The molecule has 0 fully saturated rings. The summed E-state index contributed by atoms with van der Waals surface area (Å²) in [5, 5.41) is 0. The first-order chi connectivity index (χ1) is 4.85. The third-order valence-electron chi connectivity index (χ3n) is 1.31. The number of allylic oxidation sites excluding steroid dienone is 4. The zero-order valence-corrected chi connectivity index (χ0v) is 6.72. The molecule has 0 spiro atoms. The standard InChI is InChI=1S/C10H14/c1-4-7-9-10(6-3)8-5-2/h1,5-6,8H,7,9H2,2-3H3/b8-5-,10-6+. The third-order valence-corrected chi connectivity index (χ3v) is 1.31. The van der Waals surface area contributed by atoms with Gasteiger partial charge in [-0.1, -0.05) is 23.8 Å². The van der Waals surface area contributed by atoms with Crippen molar-refractivity contribution in [3.8, 4) is 12.3 Å². The van der Waals surface area contributed by atoms with Gasteiger partial charge in [-0.15, -0.1) is 12.3 Å². The number of hydrogen-bond acceptors (Lipinski definition) is 0. The summed E-state index contributed by atoms with van der Waals surface area (Å²) in [4.78, 5) is 0. The minimum Gasteiger partial charge on any atom is -0.120 e. The van der Waals surface area contributed by atoms with Crippen molar-refractivity contribution in [3.63, 3.8) is 0 Å². The molecule has 0 heterocycles. The van der Waals surface area contributed by atoms with E-state index in [2.05, 4.69) is 18.1 Å². The molecule has 0 aliphatic rings. The van der Waals surface area contributed by atoms with Crippen LogP contribution in [0.25, 0.3) is 0 Å². The fraction of sp³-hybridized carbons (Fsp3) is 0.400. The SMILES string of the molecule is C#CCCC(/C=C\C)=C/C. The van der Waals surface area contributed by atoms with Gasteiger partial charge in [0.15, 0.2) is 0 Å². The molecule has 54 valence electrons. The summed E-state index contributed by atoms with van der Waals surface area (Å²) >= 11 is 0. The normalized spacial score (nSPS) is 11.9. The van der Waals surface area contributed by atoms with E-state index in [9.17, 15) is 0 Å². The van der Waals surface area contributed by atoms with E-state index in [0.717, 1.165) is 12.8 Å². The molecule has 0 unspecified atom stereocenters. The highest BCUT2D eigenvalue weighted by Crippen LogP contribution is 2.05. The van der Waals surface area contributed by atoms with Crippen LogP contribution < -0.4 is 0 Å². The second-order valence-electron chi connectivity index (χ2n) is 2.07. The second kappa shape index (κ2) is 6.16. The Bertz CT molecular complexity index is 165. The van der Waals surface area contributed by atoms with Crippen molar-refractivity contribution < 1.29 is 0 Å². The summed E-state index contributed by atoms with van der Waals surface area (Å²) in [6.45, 7) is 4.05. The van der Waals surface area contributed by atoms with Crippen molar-refractivity contribution in [1.82, 2.24) is 0 Å². The van der Waals surface area contributed by atoms with Crippen LogP contribution in [0.4, 0.5) is 0 Å². The predicted octanol–water partition coefficient (Wildman–Crippen LogP) is 2.92. The van der Waals surface area contributed by atoms with Crippen LogP contribution in [0.5, 0.6) is 0 Å². The summed E-state index contributed by atoms with van der Waals surface area (Å²) in [6.07, 6.45) is 13.2. The van der Waals surface area contributed by atoms with Crippen molar-refractivity contribution in [2.45, 2.75) is 26.7 Å². The summed E-state index contributed by atoms with van der Waals surface area (Å²) in [5.74, 6) is 2.62. The molecule has 10 heavy (non-hydrogen) atoms. The first kappa shape index (κ1) is 9.04. The molecule has 0 saturated carbocycles. The molecule has 0 N–H and O–H groups in total. The van der Waals surface area contributed by atoms with E-state index in [0.29, 0.717) is 0 Å². The van der Waals surface area contributed by atoms with Gasteiger partial charge in [-0.2, -0.15) is 0 Å². The minimum atomic E-state index is 0.837. The first-order valence-electron chi connectivity index (χ1n) is 3.56. The molecule has 0 aromatic heterocycles. The third kappa shape index (κ3) is 3.97. The van der Waals surface area contributed by atoms with E-state index in [-0.39, 0.29) is 0 Å². The van der Waals surface area contributed by atoms with E-state index in [1.807, 2.05) is 19.9 Å². The van der Waals surface area contributed by atoms with E-state index in [4.69, 9.17) is 6.42 Å². The lowest BCUT2D eigenvalue weighted by molar-refractivity contribution is 1.03. The van der Waals surface area contributed by atoms with Gasteiger partial charge in [0.05, 0.1) is 0 Å². The van der Waals surface area contributed by atoms with Crippen LogP contribution in [-0.2, 0) is 0 Å². The highest BCUT2D eigenvalue weighted by molar-refractivity contribution is 5.18. The second-order valence-corrected chi connectivity index (χ2v) is 2.07. The van der Waals surface area contributed by atoms with Gasteiger partial charge in [0, 0.05) is 6.42 Å². The Morgan fingerprint density at radius 1 is 1.50 bits per heavy atom. The van der Waals surface area contributed by atoms with Crippen molar-refractivity contribution in [2.75, 3.05) is 0 Å². The van der Waals surface area contributed by atoms with Gasteiger partial charge in [0.2, 0.25) is 0 Å². The van der Waals surface area contributed by atoms with E-state index >= 15 is 0 Å². The molecule has 0 radical (unpaired) electrons. The number of hydrogen-bond donors (Lipinski definition) is 0. The molecule has 0 rings (SSSR count). The van der Waals surface area contributed by atoms with E-state index in [1.54, 1.807) is 0 Å². The molecule has 0 bridgehead atoms. The maximum atomic E-state index is 5.13. The number of rotatable bonds is 3. The van der Waals surface area contributed by atoms with Crippen molar-refractivity contribution in [2.24, 2.45) is 0 Å². The van der Waals surface area contributed by atoms with Gasteiger partial charge in [-0.25, -0.2) is 0 Å². The Labute approximate surface area is 63.6 Å². The molecule has 0 heteroatoms. The van der Waals surface area contributed by atoms with Crippen LogP contribution >= 0.6 is 0 Å². The van der Waals surface area contributed by atoms with Gasteiger partial charge in [-0.05, 0) is 20.3 Å². The summed E-state index contributed by atoms with van der Waals surface area (Å²) in [7, 11) is 0. The van der Waals surface area contributed by atoms with Gasteiger partial charge < -0.3 is 0 Å². The van der Waals surface area contributed by atoms with Crippen LogP contribution in [0.2, 0.25) is 0 Å². The quantitative estimate of drug-likeness (QED) is 0.411. The highest BCUT2D eigenvalue weighted by Gasteiger charge is 1.86. The van der Waals surface area contributed by atoms with Crippen LogP contribution in [0.15, 0.2) is 23.8 Å². The molecule has 0 aliphatic heterocycles. The van der Waals surface area contributed by atoms with Gasteiger partial charge in [0.1, 0.15) is 0 Å². The summed E-state index contributed by atoms with van der Waals surface area (Å²) < 4.78 is 0. The number of terminal acetylenes is 1. The van der Waals surface area contributed by atoms with Crippen LogP contribution in [-0.4, -0.2) is 0 Å². The molecule has 0 nitrogen and oxygen atoms in total. The fourth-order valence-corrected chi connectivity index (χ4v) is 0.754. The molecule has 0 saturated heterocycles. The molecule has 0 aromatic rings. The van der Waals surface area contributed by atoms with Crippen molar-refractivity contribution >= 4 is 0 Å².